The number of amides is 1. The number of carbonyl (C=O) groups excluding carboxylic acids is 1. The third-order valence-corrected chi connectivity index (χ3v) is 5.38. The Bertz CT molecular complexity index is 856. The van der Waals surface area contributed by atoms with Gasteiger partial charge in [-0.3, -0.25) is 4.79 Å². The van der Waals surface area contributed by atoms with E-state index in [4.69, 9.17) is 21.1 Å². The van der Waals surface area contributed by atoms with E-state index in [0.29, 0.717) is 17.3 Å². The Balaban J connectivity index is 1.82. The molecule has 0 saturated carbocycles. The molecule has 9 heteroatoms. The van der Waals surface area contributed by atoms with Gasteiger partial charge in [0.05, 0.1) is 11.5 Å². The number of hydrogen-bond donors (Lipinski definition) is 2. The molecular formula is C18H21ClN2O5S. The molecule has 0 saturated heterocycles. The summed E-state index contributed by atoms with van der Waals surface area (Å²) in [5, 5.41) is 3.29. The van der Waals surface area contributed by atoms with E-state index in [0.717, 1.165) is 5.56 Å². The van der Waals surface area contributed by atoms with Gasteiger partial charge in [0.15, 0.2) is 6.61 Å². The molecule has 0 fully saturated rings. The second kappa shape index (κ2) is 10.3. The van der Waals surface area contributed by atoms with Crippen LogP contribution in [0.25, 0.3) is 0 Å². The molecule has 0 aliphatic carbocycles. The van der Waals surface area contributed by atoms with Crippen molar-refractivity contribution < 1.29 is 22.7 Å². The minimum absolute atomic E-state index is 0.106. The molecule has 2 aromatic rings. The largest absolute Gasteiger partial charge is 0.484 e. The third-order valence-electron chi connectivity index (χ3n) is 3.54. The van der Waals surface area contributed by atoms with E-state index in [1.165, 1.54) is 31.4 Å². The quantitative estimate of drug-likeness (QED) is 0.582. The van der Waals surface area contributed by atoms with Crippen molar-refractivity contribution in [3.8, 4) is 5.75 Å². The average molecular weight is 413 g/mol. The van der Waals surface area contributed by atoms with Crippen LogP contribution in [0.5, 0.6) is 5.75 Å². The lowest BCUT2D eigenvalue weighted by atomic mass is 10.2. The van der Waals surface area contributed by atoms with Gasteiger partial charge in [0.1, 0.15) is 5.75 Å². The normalized spacial score (nSPS) is 11.2. The van der Waals surface area contributed by atoms with Crippen molar-refractivity contribution in [2.45, 2.75) is 11.4 Å². The predicted molar refractivity (Wildman–Crippen MR) is 102 cm³/mol. The highest BCUT2D eigenvalue weighted by atomic mass is 35.5. The molecule has 0 unspecified atom stereocenters. The molecule has 0 heterocycles. The number of sulfonamides is 1. The zero-order valence-corrected chi connectivity index (χ0v) is 16.3. The summed E-state index contributed by atoms with van der Waals surface area (Å²) in [5.41, 5.74) is 0.808. The number of methoxy groups -OCH3 is 1. The first-order valence-electron chi connectivity index (χ1n) is 8.14. The maximum atomic E-state index is 12.0. The van der Waals surface area contributed by atoms with E-state index in [1.807, 2.05) is 18.2 Å². The van der Waals surface area contributed by atoms with E-state index in [2.05, 4.69) is 10.0 Å². The van der Waals surface area contributed by atoms with E-state index in [-0.39, 0.29) is 30.6 Å². The van der Waals surface area contributed by atoms with Crippen LogP contribution in [0.2, 0.25) is 5.02 Å². The van der Waals surface area contributed by atoms with Gasteiger partial charge in [-0.2, -0.15) is 0 Å². The van der Waals surface area contributed by atoms with Gasteiger partial charge in [0, 0.05) is 25.2 Å². The minimum atomic E-state index is -3.60. The van der Waals surface area contributed by atoms with Crippen molar-refractivity contribution in [1.29, 1.82) is 0 Å². The summed E-state index contributed by atoms with van der Waals surface area (Å²) in [6, 6.07) is 13.0. The predicted octanol–water partition coefficient (Wildman–Crippen LogP) is 1.96. The molecular weight excluding hydrogens is 392 g/mol. The molecule has 1 amide bonds. The fourth-order valence-electron chi connectivity index (χ4n) is 2.11. The number of ether oxygens (including phenoxy) is 2. The van der Waals surface area contributed by atoms with E-state index < -0.39 is 10.0 Å². The minimum Gasteiger partial charge on any atom is -0.484 e. The van der Waals surface area contributed by atoms with Gasteiger partial charge in [-0.1, -0.05) is 29.8 Å². The summed E-state index contributed by atoms with van der Waals surface area (Å²) in [4.78, 5) is 12.0. The van der Waals surface area contributed by atoms with Gasteiger partial charge in [-0.15, -0.1) is 0 Å². The van der Waals surface area contributed by atoms with Gasteiger partial charge in [0.25, 0.3) is 5.91 Å². The Hall–Kier alpha value is -2.13. The van der Waals surface area contributed by atoms with Gasteiger partial charge in [-0.05, 0) is 35.9 Å². The summed E-state index contributed by atoms with van der Waals surface area (Å²) >= 11 is 6.03. The molecule has 2 rings (SSSR count). The first-order chi connectivity index (χ1) is 12.9. The van der Waals surface area contributed by atoms with Crippen molar-refractivity contribution in [2.24, 2.45) is 0 Å². The first kappa shape index (κ1) is 21.2. The Morgan fingerprint density at radius 1 is 1.11 bits per heavy atom. The standard InChI is InChI=1S/C18H21ClN2O5S/c1-25-11-10-21-27(23,24)16-8-6-15(7-9-16)26-13-18(22)20-12-14-4-2-3-5-17(14)19/h2-9,21H,10-13H2,1H3,(H,20,22). The Labute approximate surface area is 163 Å². The number of halogens is 1. The van der Waals surface area contributed by atoms with Gasteiger partial charge in [0.2, 0.25) is 10.0 Å². The highest BCUT2D eigenvalue weighted by Crippen LogP contribution is 2.16. The summed E-state index contributed by atoms with van der Waals surface area (Å²) in [7, 11) is -2.11. The van der Waals surface area contributed by atoms with Crippen LogP contribution < -0.4 is 14.8 Å². The number of hydrogen-bond acceptors (Lipinski definition) is 5. The van der Waals surface area contributed by atoms with E-state index >= 15 is 0 Å². The number of rotatable bonds is 10. The molecule has 0 spiro atoms. The molecule has 0 aliphatic heterocycles. The molecule has 0 atom stereocenters. The maximum absolute atomic E-state index is 12.0. The maximum Gasteiger partial charge on any atom is 0.258 e. The van der Waals surface area contributed by atoms with E-state index in [9.17, 15) is 13.2 Å². The van der Waals surface area contributed by atoms with Crippen LogP contribution >= 0.6 is 11.6 Å². The SMILES string of the molecule is COCCNS(=O)(=O)c1ccc(OCC(=O)NCc2ccccc2Cl)cc1. The molecule has 7 nitrogen and oxygen atoms in total. The van der Waals surface area contributed by atoms with Crippen LogP contribution in [-0.2, 0) is 26.1 Å². The van der Waals surface area contributed by atoms with Crippen molar-refractivity contribution in [3.05, 3.63) is 59.1 Å². The fourth-order valence-corrected chi connectivity index (χ4v) is 3.33. The first-order valence-corrected chi connectivity index (χ1v) is 10.00. The number of benzene rings is 2. The van der Waals surface area contributed by atoms with Crippen LogP contribution in [0.15, 0.2) is 53.4 Å². The van der Waals surface area contributed by atoms with Crippen LogP contribution in [0.3, 0.4) is 0 Å². The van der Waals surface area contributed by atoms with Crippen molar-refractivity contribution >= 4 is 27.5 Å². The van der Waals surface area contributed by atoms with Gasteiger partial charge >= 0.3 is 0 Å². The molecule has 146 valence electrons. The number of carbonyl (C=O) groups is 1. The lowest BCUT2D eigenvalue weighted by Crippen LogP contribution is -2.28. The highest BCUT2D eigenvalue weighted by molar-refractivity contribution is 7.89. The molecule has 0 aliphatic rings. The number of nitrogens with one attached hydrogen (secondary N) is 2. The topological polar surface area (TPSA) is 93.7 Å². The van der Waals surface area contributed by atoms with Crippen molar-refractivity contribution in [1.82, 2.24) is 10.0 Å². The van der Waals surface area contributed by atoms with Crippen molar-refractivity contribution in [2.75, 3.05) is 26.9 Å². The average Bonchev–Trinajstić information content (AvgIpc) is 2.66. The Kier molecular flexibility index (Phi) is 8.05. The zero-order chi connectivity index (χ0) is 19.7. The lowest BCUT2D eigenvalue weighted by molar-refractivity contribution is -0.123. The van der Waals surface area contributed by atoms with Gasteiger partial charge < -0.3 is 14.8 Å². The summed E-state index contributed by atoms with van der Waals surface area (Å²) in [6.45, 7) is 0.571. The molecule has 2 aromatic carbocycles. The third kappa shape index (κ3) is 6.84. The second-order valence-electron chi connectivity index (χ2n) is 5.52. The molecule has 0 aromatic heterocycles. The molecule has 0 radical (unpaired) electrons. The van der Waals surface area contributed by atoms with Crippen LogP contribution in [0.1, 0.15) is 5.56 Å². The fraction of sp³-hybridized carbons (Fsp3) is 0.278. The second-order valence-corrected chi connectivity index (χ2v) is 7.69. The molecule has 0 bridgehead atoms. The lowest BCUT2D eigenvalue weighted by Gasteiger charge is -2.10. The summed E-state index contributed by atoms with van der Waals surface area (Å²) < 4.78 is 36.7. The Morgan fingerprint density at radius 2 is 1.81 bits per heavy atom. The van der Waals surface area contributed by atoms with Crippen LogP contribution in [0, 0.1) is 0 Å². The monoisotopic (exact) mass is 412 g/mol. The Morgan fingerprint density at radius 3 is 2.48 bits per heavy atom. The smallest absolute Gasteiger partial charge is 0.258 e. The molecule has 2 N–H and O–H groups in total. The van der Waals surface area contributed by atoms with Crippen LogP contribution in [0.4, 0.5) is 0 Å². The highest BCUT2D eigenvalue weighted by Gasteiger charge is 2.13. The van der Waals surface area contributed by atoms with Crippen LogP contribution in [-0.4, -0.2) is 41.2 Å². The summed E-state index contributed by atoms with van der Waals surface area (Å²) in [6.07, 6.45) is 0. The van der Waals surface area contributed by atoms with Crippen molar-refractivity contribution in [3.63, 3.8) is 0 Å². The van der Waals surface area contributed by atoms with Gasteiger partial charge in [-0.25, -0.2) is 13.1 Å². The molecule has 27 heavy (non-hydrogen) atoms. The summed E-state index contributed by atoms with van der Waals surface area (Å²) in [5.74, 6) is 0.0755. The zero-order valence-electron chi connectivity index (χ0n) is 14.8. The van der Waals surface area contributed by atoms with E-state index in [1.54, 1.807) is 6.07 Å².